The Morgan fingerprint density at radius 3 is 2.16 bits per heavy atom. The van der Waals surface area contributed by atoms with E-state index in [1.165, 1.54) is 0 Å². The van der Waals surface area contributed by atoms with Gasteiger partial charge in [-0.1, -0.05) is 18.2 Å². The Bertz CT molecular complexity index is 2200. The Morgan fingerprint density at radius 2 is 1.53 bits per heavy atom. The number of fused-ring (bicyclic) bond motifs is 3. The number of benzene rings is 3. The third-order valence-corrected chi connectivity index (χ3v) is 13.1. The lowest BCUT2D eigenvalue weighted by atomic mass is 9.71. The van der Waals surface area contributed by atoms with E-state index in [1.807, 2.05) is 33.8 Å². The molecule has 13 nitrogen and oxygen atoms in total. The first-order chi connectivity index (χ1) is 27.8. The highest BCUT2D eigenvalue weighted by Crippen LogP contribution is 2.43. The van der Waals surface area contributed by atoms with E-state index in [-0.39, 0.29) is 66.1 Å². The molecule has 0 aliphatic carbocycles. The van der Waals surface area contributed by atoms with Gasteiger partial charge >= 0.3 is 0 Å². The first-order valence-corrected chi connectivity index (χ1v) is 19.9. The second-order valence-corrected chi connectivity index (χ2v) is 16.8. The van der Waals surface area contributed by atoms with Crippen molar-refractivity contribution in [2.24, 2.45) is 5.41 Å². The molecule has 0 radical (unpaired) electrons. The van der Waals surface area contributed by atoms with Crippen LogP contribution in [0, 0.1) is 5.41 Å². The van der Waals surface area contributed by atoms with E-state index in [0.29, 0.717) is 51.3 Å². The summed E-state index contributed by atoms with van der Waals surface area (Å²) < 4.78 is 27.4. The van der Waals surface area contributed by atoms with Crippen molar-refractivity contribution in [1.29, 1.82) is 0 Å². The van der Waals surface area contributed by atoms with Gasteiger partial charge in [-0.15, -0.1) is 0 Å². The molecule has 2 N–H and O–H groups in total. The van der Waals surface area contributed by atoms with Gasteiger partial charge in [0, 0.05) is 62.7 Å². The van der Waals surface area contributed by atoms with Crippen LogP contribution in [0.4, 0.5) is 8.78 Å². The zero-order valence-electron chi connectivity index (χ0n) is 32.1. The zero-order chi connectivity index (χ0) is 40.6. The molecule has 58 heavy (non-hydrogen) atoms. The summed E-state index contributed by atoms with van der Waals surface area (Å²) in [7, 11) is 0. The van der Waals surface area contributed by atoms with Gasteiger partial charge in [-0.3, -0.25) is 48.8 Å². The van der Waals surface area contributed by atoms with Gasteiger partial charge in [-0.25, -0.2) is 8.78 Å². The number of amides is 6. The highest BCUT2D eigenvalue weighted by molar-refractivity contribution is 6.23. The molecule has 0 aromatic heterocycles. The Labute approximate surface area is 333 Å². The third-order valence-electron chi connectivity index (χ3n) is 13.1. The summed E-state index contributed by atoms with van der Waals surface area (Å²) in [4.78, 5) is 86.1. The molecule has 9 rings (SSSR count). The van der Waals surface area contributed by atoms with Crippen LogP contribution in [0.1, 0.15) is 97.5 Å². The number of piperidine rings is 2. The van der Waals surface area contributed by atoms with Crippen molar-refractivity contribution >= 4 is 35.4 Å². The summed E-state index contributed by atoms with van der Waals surface area (Å²) in [6, 6.07) is 14.0. The quantitative estimate of drug-likeness (QED) is 0.343. The molecular formula is C43H44F2N6O7. The zero-order valence-corrected chi connectivity index (χ0v) is 32.1. The van der Waals surface area contributed by atoms with Crippen molar-refractivity contribution in [3.05, 3.63) is 99.1 Å². The van der Waals surface area contributed by atoms with E-state index in [2.05, 4.69) is 5.32 Å². The lowest BCUT2D eigenvalue weighted by Crippen LogP contribution is -2.62. The molecule has 15 heteroatoms. The lowest BCUT2D eigenvalue weighted by Gasteiger charge is -2.54. The Hall–Kier alpha value is -5.54. The first-order valence-electron chi connectivity index (χ1n) is 19.9. The summed E-state index contributed by atoms with van der Waals surface area (Å²) in [5, 5.41) is 12.3. The second-order valence-electron chi connectivity index (χ2n) is 16.8. The van der Waals surface area contributed by atoms with Gasteiger partial charge in [-0.05, 0) is 96.8 Å². The van der Waals surface area contributed by atoms with Crippen molar-refractivity contribution in [1.82, 2.24) is 29.8 Å². The maximum Gasteiger partial charge on any atom is 0.262 e. The Morgan fingerprint density at radius 1 is 0.879 bits per heavy atom. The smallest absolute Gasteiger partial charge is 0.262 e. The minimum absolute atomic E-state index is 0.00220. The Kier molecular flexibility index (Phi) is 9.42. The van der Waals surface area contributed by atoms with Crippen LogP contribution in [0.2, 0.25) is 0 Å². The Balaban J connectivity index is 0.775. The van der Waals surface area contributed by atoms with Gasteiger partial charge in [-0.2, -0.15) is 0 Å². The molecule has 6 heterocycles. The number of imide groups is 2. The van der Waals surface area contributed by atoms with Gasteiger partial charge in [0.15, 0.2) is 0 Å². The highest BCUT2D eigenvalue weighted by atomic mass is 19.3. The van der Waals surface area contributed by atoms with Crippen molar-refractivity contribution in [3.8, 4) is 5.75 Å². The van der Waals surface area contributed by atoms with Crippen molar-refractivity contribution in [2.75, 3.05) is 39.3 Å². The molecule has 3 atom stereocenters. The normalized spacial score (nSPS) is 24.2. The van der Waals surface area contributed by atoms with Crippen LogP contribution in [0.5, 0.6) is 5.75 Å². The number of nitrogens with zero attached hydrogens (tertiary/aromatic N) is 5. The lowest BCUT2D eigenvalue weighted by molar-refractivity contribution is -0.137. The number of alkyl halides is 2. The van der Waals surface area contributed by atoms with Crippen LogP contribution in [0.3, 0.4) is 0 Å². The minimum Gasteiger partial charge on any atom is -0.508 e. The second kappa shape index (κ2) is 14.4. The third kappa shape index (κ3) is 6.63. The molecule has 302 valence electrons. The largest absolute Gasteiger partial charge is 0.508 e. The van der Waals surface area contributed by atoms with Gasteiger partial charge in [0.25, 0.3) is 24.1 Å². The number of phenolic OH excluding ortho intramolecular Hbond substituents is 1. The number of aromatic hydroxyl groups is 1. The molecule has 3 aromatic rings. The number of carbonyl (C=O) groups is 6. The molecular weight excluding hydrogens is 751 g/mol. The van der Waals surface area contributed by atoms with E-state index in [0.717, 1.165) is 45.6 Å². The number of hydrogen-bond donors (Lipinski definition) is 2. The monoisotopic (exact) mass is 794 g/mol. The fourth-order valence-electron chi connectivity index (χ4n) is 10.0. The van der Waals surface area contributed by atoms with Crippen LogP contribution < -0.4 is 5.32 Å². The molecule has 0 bridgehead atoms. The first kappa shape index (κ1) is 38.0. The van der Waals surface area contributed by atoms with Crippen molar-refractivity contribution in [2.45, 2.75) is 76.7 Å². The van der Waals surface area contributed by atoms with E-state index in [4.69, 9.17) is 0 Å². The van der Waals surface area contributed by atoms with Gasteiger partial charge < -0.3 is 14.9 Å². The van der Waals surface area contributed by atoms with E-state index in [1.54, 1.807) is 47.4 Å². The van der Waals surface area contributed by atoms with E-state index < -0.39 is 42.1 Å². The summed E-state index contributed by atoms with van der Waals surface area (Å²) >= 11 is 0. The predicted molar refractivity (Wildman–Crippen MR) is 204 cm³/mol. The fourth-order valence-corrected chi connectivity index (χ4v) is 10.0. The molecule has 3 saturated heterocycles. The molecule has 0 saturated carbocycles. The molecule has 3 fully saturated rings. The van der Waals surface area contributed by atoms with Crippen molar-refractivity contribution in [3.63, 3.8) is 0 Å². The van der Waals surface area contributed by atoms with Crippen LogP contribution in [0.15, 0.2) is 54.6 Å². The van der Waals surface area contributed by atoms with Crippen LogP contribution in [-0.4, -0.2) is 123 Å². The SMILES string of the molecule is C[C@@H]1Cc2cc(O)ccc2[C@@H](c2ccc(C(=O)N3CC4(CCN(C(=O)CN5Cc6cc7c(cc6C5)C(=O)N(C5CCC(=O)NC5=O)C7=O)CC4)C3)cc2)N1CC(F)F. The van der Waals surface area contributed by atoms with Crippen LogP contribution in [0.25, 0.3) is 0 Å². The highest BCUT2D eigenvalue weighted by Gasteiger charge is 2.48. The maximum atomic E-state index is 13.7. The summed E-state index contributed by atoms with van der Waals surface area (Å²) in [5.74, 6) is -2.13. The topological polar surface area (TPSA) is 151 Å². The number of hydrogen-bond acceptors (Lipinski definition) is 9. The minimum atomic E-state index is -2.51. The molecule has 1 unspecified atom stereocenters. The number of nitrogens with one attached hydrogen (secondary N) is 1. The number of carbonyl (C=O) groups excluding carboxylic acids is 6. The van der Waals surface area contributed by atoms with Gasteiger partial charge in [0.05, 0.1) is 30.3 Å². The van der Waals surface area contributed by atoms with E-state index in [9.17, 15) is 42.7 Å². The molecule has 1 spiro atoms. The predicted octanol–water partition coefficient (Wildman–Crippen LogP) is 3.47. The fraction of sp³-hybridized carbons (Fsp3) is 0.442. The van der Waals surface area contributed by atoms with Crippen molar-refractivity contribution < 1.29 is 42.7 Å². The van der Waals surface area contributed by atoms with Crippen LogP contribution in [-0.2, 0) is 33.9 Å². The average molecular weight is 795 g/mol. The maximum absolute atomic E-state index is 13.7. The summed E-state index contributed by atoms with van der Waals surface area (Å²) in [5.41, 5.74) is 5.24. The van der Waals surface area contributed by atoms with Gasteiger partial charge in [0.1, 0.15) is 11.8 Å². The summed E-state index contributed by atoms with van der Waals surface area (Å²) in [6.45, 7) is 4.95. The van der Waals surface area contributed by atoms with E-state index >= 15 is 0 Å². The van der Waals surface area contributed by atoms with Crippen LogP contribution >= 0.6 is 0 Å². The molecule has 3 aromatic carbocycles. The number of rotatable bonds is 7. The molecule has 6 amide bonds. The molecule has 6 aliphatic rings. The number of halogens is 2. The molecule has 6 aliphatic heterocycles. The number of likely N-dealkylation sites (tertiary alicyclic amines) is 2. The summed E-state index contributed by atoms with van der Waals surface area (Å²) in [6.07, 6.45) is -0.268. The standard InChI is InChI=1S/C43H44F2N6O7/c1-24-14-27-15-30(52)6-7-31(27)38(50(24)20-35(44)45)25-2-4-26(5-3-25)40(56)49-22-43(23-49)10-12-48(13-11-43)37(54)21-47-18-28-16-32-33(17-29(28)19-47)42(58)51(41(32)57)34-8-9-36(53)46-39(34)55/h2-7,15-17,24,34-35,38,52H,8-14,18-23H2,1H3,(H,46,53,55)/t24-,34?,38-/m1/s1. The van der Waals surface area contributed by atoms with Gasteiger partial charge in [0.2, 0.25) is 17.7 Å². The number of phenols is 1. The average Bonchev–Trinajstić information content (AvgIpc) is 3.68.